The lowest BCUT2D eigenvalue weighted by molar-refractivity contribution is 0.00578. The molecule has 1 aliphatic heterocycles. The summed E-state index contributed by atoms with van der Waals surface area (Å²) in [6.45, 7) is 10.4. The van der Waals surface area contributed by atoms with Crippen molar-refractivity contribution < 1.29 is 13.7 Å². The third-order valence-corrected chi connectivity index (χ3v) is 7.96. The van der Waals surface area contributed by atoms with E-state index in [-0.39, 0.29) is 30.0 Å². The molecule has 3 aromatic carbocycles. The van der Waals surface area contributed by atoms with Gasteiger partial charge in [0.05, 0.1) is 17.0 Å². The van der Waals surface area contributed by atoms with Gasteiger partial charge in [-0.25, -0.2) is 4.99 Å². The zero-order valence-corrected chi connectivity index (χ0v) is 24.8. The standard InChI is InChI=1S/C21H23BO3.C14H13N3/c1-14-8-6-11-18-19(14)16-10-7-9-15(12-13-17(16)23-18)22-24-20(2,3)21(4,5)25-22;15-13(11-7-3-1-4-8-11)17-14(16)12-9-5-2-6-10-12/h6,8,11-13,15H,10H2,1-5H3;1-10H,(H3,15,16,17)/b13-12-;. The molecule has 0 bridgehead atoms. The molecule has 2 aliphatic rings. The molecular weight excluding hydrogens is 521 g/mol. The minimum absolute atomic E-state index is 0.108. The number of nitrogens with one attached hydrogen (secondary N) is 1. The van der Waals surface area contributed by atoms with Gasteiger partial charge in [0.1, 0.15) is 17.2 Å². The lowest BCUT2D eigenvalue weighted by Gasteiger charge is -2.32. The van der Waals surface area contributed by atoms with Crippen LogP contribution in [0.2, 0.25) is 5.82 Å². The molecule has 1 aliphatic carbocycles. The van der Waals surface area contributed by atoms with Crippen LogP contribution in [0.1, 0.15) is 55.7 Å². The summed E-state index contributed by atoms with van der Waals surface area (Å²) in [6, 6.07) is 24.9. The zero-order chi connectivity index (χ0) is 29.9. The van der Waals surface area contributed by atoms with E-state index in [9.17, 15) is 0 Å². The number of nitrogens with two attached hydrogens (primary N) is 1. The first-order valence-corrected chi connectivity index (χ1v) is 14.1. The Morgan fingerprint density at radius 2 is 1.52 bits per heavy atom. The van der Waals surface area contributed by atoms with Crippen molar-refractivity contribution in [3.63, 3.8) is 0 Å². The van der Waals surface area contributed by atoms with E-state index in [0.717, 1.165) is 22.5 Å². The summed E-state index contributed by atoms with van der Waals surface area (Å²) in [5.74, 6) is 7.95. The fraction of sp³-hybridized carbons (Fsp3) is 0.257. The molecule has 6 rings (SSSR count). The Balaban J connectivity index is 0.000000181. The summed E-state index contributed by atoms with van der Waals surface area (Å²) in [6.07, 6.45) is 4.75. The molecule has 1 atom stereocenters. The van der Waals surface area contributed by atoms with Crippen molar-refractivity contribution >= 4 is 35.8 Å². The molecule has 0 spiro atoms. The summed E-state index contributed by atoms with van der Waals surface area (Å²) < 4.78 is 18.4. The maximum atomic E-state index is 7.84. The monoisotopic (exact) mass is 557 g/mol. The predicted molar refractivity (Wildman–Crippen MR) is 172 cm³/mol. The van der Waals surface area contributed by atoms with E-state index < -0.39 is 0 Å². The van der Waals surface area contributed by atoms with Gasteiger partial charge in [-0.1, -0.05) is 90.7 Å². The quantitative estimate of drug-likeness (QED) is 0.121. The van der Waals surface area contributed by atoms with Crippen LogP contribution in [0.5, 0.6) is 0 Å². The molecule has 7 heteroatoms. The van der Waals surface area contributed by atoms with Crippen molar-refractivity contribution in [1.29, 1.82) is 5.41 Å². The van der Waals surface area contributed by atoms with Gasteiger partial charge in [-0.2, -0.15) is 0 Å². The second kappa shape index (κ2) is 11.9. The highest BCUT2D eigenvalue weighted by Gasteiger charge is 2.53. The number of hydrogen-bond donors (Lipinski definition) is 2. The molecule has 3 N–H and O–H groups in total. The van der Waals surface area contributed by atoms with Crippen LogP contribution in [0.3, 0.4) is 0 Å². The van der Waals surface area contributed by atoms with E-state index in [1.165, 1.54) is 16.5 Å². The summed E-state index contributed by atoms with van der Waals surface area (Å²) in [5, 5.41) is 9.03. The average Bonchev–Trinajstić information content (AvgIpc) is 3.42. The SMILES string of the molecule is Cc1cccc2oc3c(c12)CC#CC(B1OC(C)(C)C(C)(C)O1)/C=C\3.N=C(N=C(N)c1ccccc1)c1ccccc1. The van der Waals surface area contributed by atoms with Crippen LogP contribution in [0.15, 0.2) is 94.3 Å². The summed E-state index contributed by atoms with van der Waals surface area (Å²) >= 11 is 0. The molecule has 4 aromatic rings. The smallest absolute Gasteiger partial charge is 0.456 e. The Bertz CT molecular complexity index is 1690. The Labute approximate surface area is 248 Å². The molecule has 0 radical (unpaired) electrons. The van der Waals surface area contributed by atoms with E-state index >= 15 is 0 Å². The summed E-state index contributed by atoms with van der Waals surface area (Å²) in [4.78, 5) is 4.10. The largest absolute Gasteiger partial charge is 0.478 e. The first-order chi connectivity index (χ1) is 20.1. The predicted octanol–water partition coefficient (Wildman–Crippen LogP) is 7.19. The topological polar surface area (TPSA) is 93.8 Å². The molecule has 2 heterocycles. The van der Waals surface area contributed by atoms with Crippen molar-refractivity contribution in [2.45, 2.75) is 58.1 Å². The van der Waals surface area contributed by atoms with E-state index in [4.69, 9.17) is 24.9 Å². The fourth-order valence-corrected chi connectivity index (χ4v) is 4.87. The molecule has 212 valence electrons. The fourth-order valence-electron chi connectivity index (χ4n) is 4.87. The normalized spacial score (nSPS) is 19.4. The number of aryl methyl sites for hydroxylation is 1. The number of furan rings is 1. The van der Waals surface area contributed by atoms with Crippen LogP contribution in [-0.4, -0.2) is 30.0 Å². The van der Waals surface area contributed by atoms with Gasteiger partial charge in [0.15, 0.2) is 5.84 Å². The van der Waals surface area contributed by atoms with Crippen LogP contribution in [0.25, 0.3) is 17.0 Å². The second-order valence-electron chi connectivity index (χ2n) is 11.5. The van der Waals surface area contributed by atoms with Crippen LogP contribution >= 0.6 is 0 Å². The van der Waals surface area contributed by atoms with Gasteiger partial charge in [-0.05, 0) is 52.3 Å². The zero-order valence-electron chi connectivity index (χ0n) is 24.8. The second-order valence-corrected chi connectivity index (χ2v) is 11.5. The molecule has 0 amide bonds. The van der Waals surface area contributed by atoms with Crippen molar-refractivity contribution in [2.75, 3.05) is 0 Å². The van der Waals surface area contributed by atoms with Gasteiger partial charge >= 0.3 is 7.12 Å². The third-order valence-electron chi connectivity index (χ3n) is 7.96. The van der Waals surface area contributed by atoms with Crippen LogP contribution in [0, 0.1) is 24.2 Å². The lowest BCUT2D eigenvalue weighted by Crippen LogP contribution is -2.41. The number of aliphatic imine (C=N–C) groups is 1. The number of allylic oxidation sites excluding steroid dienone is 1. The van der Waals surface area contributed by atoms with E-state index in [1.54, 1.807) is 0 Å². The number of benzene rings is 3. The number of nitrogens with zero attached hydrogens (tertiary/aromatic N) is 1. The van der Waals surface area contributed by atoms with Crippen LogP contribution in [0.4, 0.5) is 0 Å². The summed E-state index contributed by atoms with van der Waals surface area (Å²) in [7, 11) is -0.360. The maximum Gasteiger partial charge on any atom is 0.478 e. The average molecular weight is 558 g/mol. The Morgan fingerprint density at radius 3 is 2.17 bits per heavy atom. The van der Waals surface area contributed by atoms with E-state index in [0.29, 0.717) is 12.3 Å². The van der Waals surface area contributed by atoms with Gasteiger partial charge in [0.25, 0.3) is 0 Å². The molecule has 0 saturated carbocycles. The Kier molecular flexibility index (Phi) is 8.22. The highest BCUT2D eigenvalue weighted by Crippen LogP contribution is 2.41. The number of amidine groups is 2. The maximum absolute atomic E-state index is 7.84. The van der Waals surface area contributed by atoms with Crippen molar-refractivity contribution in [3.05, 3.63) is 113 Å². The lowest BCUT2D eigenvalue weighted by atomic mass is 9.71. The molecule has 1 fully saturated rings. The van der Waals surface area contributed by atoms with E-state index in [1.807, 2.05) is 84.9 Å². The van der Waals surface area contributed by atoms with Crippen molar-refractivity contribution in [2.24, 2.45) is 10.7 Å². The minimum Gasteiger partial charge on any atom is -0.456 e. The molecule has 1 saturated heterocycles. The molecule has 1 unspecified atom stereocenters. The van der Waals surface area contributed by atoms with Crippen molar-refractivity contribution in [3.8, 4) is 11.8 Å². The Hall–Kier alpha value is -4.38. The molecule has 1 aromatic heterocycles. The van der Waals surface area contributed by atoms with Crippen LogP contribution < -0.4 is 5.73 Å². The first-order valence-electron chi connectivity index (χ1n) is 14.1. The molecule has 42 heavy (non-hydrogen) atoms. The van der Waals surface area contributed by atoms with Crippen molar-refractivity contribution in [1.82, 2.24) is 0 Å². The highest BCUT2D eigenvalue weighted by atomic mass is 16.7. The number of fused-ring (bicyclic) bond motifs is 3. The minimum atomic E-state index is -0.360. The third kappa shape index (κ3) is 6.11. The number of hydrogen-bond acceptors (Lipinski definition) is 4. The van der Waals surface area contributed by atoms with Gasteiger partial charge in [0.2, 0.25) is 0 Å². The van der Waals surface area contributed by atoms with Gasteiger partial charge in [0, 0.05) is 28.5 Å². The van der Waals surface area contributed by atoms with Crippen LogP contribution in [-0.2, 0) is 15.7 Å². The van der Waals surface area contributed by atoms with Gasteiger partial charge in [-0.3, -0.25) is 5.41 Å². The van der Waals surface area contributed by atoms with Gasteiger partial charge in [-0.15, -0.1) is 0 Å². The molecule has 6 nitrogen and oxygen atoms in total. The Morgan fingerprint density at radius 1 is 0.905 bits per heavy atom. The first kappa shape index (κ1) is 29.1. The van der Waals surface area contributed by atoms with Gasteiger partial charge < -0.3 is 19.5 Å². The number of rotatable bonds is 3. The van der Waals surface area contributed by atoms with E-state index in [2.05, 4.69) is 57.5 Å². The highest BCUT2D eigenvalue weighted by molar-refractivity contribution is 6.49. The molecular formula is C35H36BN3O3. The summed E-state index contributed by atoms with van der Waals surface area (Å²) in [5.41, 5.74) is 10.0.